The van der Waals surface area contributed by atoms with E-state index >= 15 is 0 Å². The van der Waals surface area contributed by atoms with Crippen molar-refractivity contribution in [1.29, 1.82) is 5.26 Å². The van der Waals surface area contributed by atoms with Crippen LogP contribution in [0.15, 0.2) is 16.6 Å². The molecule has 1 aromatic heterocycles. The SMILES string of the molecule is COc1cc(Br)c(-c2nc(N)nc(N)c2C#N)cc1I. The van der Waals surface area contributed by atoms with Gasteiger partial charge in [-0.25, -0.2) is 4.98 Å². The summed E-state index contributed by atoms with van der Waals surface area (Å²) in [5.41, 5.74) is 12.6. The Morgan fingerprint density at radius 1 is 1.35 bits per heavy atom. The third-order valence-corrected chi connectivity index (χ3v) is 4.06. The van der Waals surface area contributed by atoms with Gasteiger partial charge in [0.2, 0.25) is 5.95 Å². The van der Waals surface area contributed by atoms with Gasteiger partial charge in [0.15, 0.2) is 0 Å². The number of nitriles is 1. The van der Waals surface area contributed by atoms with Crippen molar-refractivity contribution in [3.8, 4) is 23.1 Å². The summed E-state index contributed by atoms with van der Waals surface area (Å²) in [4.78, 5) is 7.92. The van der Waals surface area contributed by atoms with Gasteiger partial charge in [-0.3, -0.25) is 0 Å². The van der Waals surface area contributed by atoms with Crippen LogP contribution in [0.5, 0.6) is 5.75 Å². The lowest BCUT2D eigenvalue weighted by atomic mass is 10.1. The number of hydrogen-bond acceptors (Lipinski definition) is 6. The van der Waals surface area contributed by atoms with Gasteiger partial charge in [-0.05, 0) is 50.7 Å². The molecule has 4 N–H and O–H groups in total. The predicted octanol–water partition coefficient (Wildman–Crippen LogP) is 2.56. The minimum Gasteiger partial charge on any atom is -0.496 e. The maximum Gasteiger partial charge on any atom is 0.222 e. The third kappa shape index (κ3) is 2.64. The largest absolute Gasteiger partial charge is 0.496 e. The molecule has 2 aromatic rings. The molecule has 0 spiro atoms. The lowest BCUT2D eigenvalue weighted by Gasteiger charge is -2.11. The Kier molecular flexibility index (Phi) is 4.29. The maximum absolute atomic E-state index is 9.22. The number of nitrogens with zero attached hydrogens (tertiary/aromatic N) is 3. The zero-order valence-electron chi connectivity index (χ0n) is 10.3. The molecule has 0 saturated heterocycles. The Hall–Kier alpha value is -1.60. The summed E-state index contributed by atoms with van der Waals surface area (Å²) in [6, 6.07) is 5.64. The lowest BCUT2D eigenvalue weighted by molar-refractivity contribution is 0.411. The number of nitrogens with two attached hydrogens (primary N) is 2. The highest BCUT2D eigenvalue weighted by atomic mass is 127. The highest BCUT2D eigenvalue weighted by Gasteiger charge is 2.17. The summed E-state index contributed by atoms with van der Waals surface area (Å²) in [7, 11) is 1.59. The number of halogens is 2. The molecule has 0 saturated carbocycles. The smallest absolute Gasteiger partial charge is 0.222 e. The molecule has 2 rings (SSSR count). The molecular weight excluding hydrogens is 437 g/mol. The molecule has 0 bridgehead atoms. The minimum atomic E-state index is 0.0224. The maximum atomic E-state index is 9.22. The van der Waals surface area contributed by atoms with Gasteiger partial charge in [-0.1, -0.05) is 0 Å². The van der Waals surface area contributed by atoms with Crippen molar-refractivity contribution >= 4 is 50.3 Å². The highest BCUT2D eigenvalue weighted by Crippen LogP contribution is 2.36. The van der Waals surface area contributed by atoms with Crippen molar-refractivity contribution < 1.29 is 4.74 Å². The fourth-order valence-electron chi connectivity index (χ4n) is 1.67. The molecule has 102 valence electrons. The molecule has 0 unspecified atom stereocenters. The van der Waals surface area contributed by atoms with E-state index in [1.165, 1.54) is 0 Å². The number of aromatic nitrogens is 2. The first-order valence-electron chi connectivity index (χ1n) is 5.34. The van der Waals surface area contributed by atoms with Gasteiger partial charge in [0.1, 0.15) is 23.2 Å². The minimum absolute atomic E-state index is 0.0224. The Morgan fingerprint density at radius 3 is 2.65 bits per heavy atom. The second kappa shape index (κ2) is 5.80. The highest BCUT2D eigenvalue weighted by molar-refractivity contribution is 14.1. The molecule has 0 radical (unpaired) electrons. The molecule has 0 aliphatic heterocycles. The van der Waals surface area contributed by atoms with E-state index in [-0.39, 0.29) is 17.3 Å². The summed E-state index contributed by atoms with van der Waals surface area (Å²) in [5, 5.41) is 9.22. The van der Waals surface area contributed by atoms with Crippen LogP contribution in [0, 0.1) is 14.9 Å². The average Bonchev–Trinajstić information content (AvgIpc) is 2.40. The number of nitrogen functional groups attached to an aromatic ring is 2. The van der Waals surface area contributed by atoms with Crippen LogP contribution in [0.4, 0.5) is 11.8 Å². The van der Waals surface area contributed by atoms with Crippen LogP contribution in [-0.4, -0.2) is 17.1 Å². The number of anilines is 2. The Bertz CT molecular complexity index is 729. The van der Waals surface area contributed by atoms with Crippen LogP contribution >= 0.6 is 38.5 Å². The van der Waals surface area contributed by atoms with Crippen molar-refractivity contribution in [2.75, 3.05) is 18.6 Å². The van der Waals surface area contributed by atoms with Crippen LogP contribution in [0.25, 0.3) is 11.3 Å². The van der Waals surface area contributed by atoms with Crippen LogP contribution in [0.2, 0.25) is 0 Å². The molecule has 1 heterocycles. The molecule has 6 nitrogen and oxygen atoms in total. The first-order valence-corrected chi connectivity index (χ1v) is 7.21. The van der Waals surface area contributed by atoms with Crippen molar-refractivity contribution in [3.05, 3.63) is 25.7 Å². The molecule has 0 aliphatic carbocycles. The van der Waals surface area contributed by atoms with Gasteiger partial charge >= 0.3 is 0 Å². The summed E-state index contributed by atoms with van der Waals surface area (Å²) in [6.07, 6.45) is 0. The summed E-state index contributed by atoms with van der Waals surface area (Å²) in [6.45, 7) is 0. The van der Waals surface area contributed by atoms with E-state index in [2.05, 4.69) is 48.5 Å². The number of methoxy groups -OCH3 is 1. The van der Waals surface area contributed by atoms with Crippen molar-refractivity contribution in [2.24, 2.45) is 0 Å². The first-order chi connectivity index (χ1) is 9.47. The van der Waals surface area contributed by atoms with Gasteiger partial charge < -0.3 is 16.2 Å². The molecule has 20 heavy (non-hydrogen) atoms. The molecular formula is C12H9BrIN5O. The number of hydrogen-bond donors (Lipinski definition) is 2. The Labute approximate surface area is 137 Å². The predicted molar refractivity (Wildman–Crippen MR) is 88.0 cm³/mol. The average molecular weight is 446 g/mol. The van der Waals surface area contributed by atoms with Crippen LogP contribution in [-0.2, 0) is 0 Å². The van der Waals surface area contributed by atoms with Crippen molar-refractivity contribution in [3.63, 3.8) is 0 Å². The second-order valence-electron chi connectivity index (χ2n) is 3.77. The van der Waals surface area contributed by atoms with Gasteiger partial charge in [-0.2, -0.15) is 10.2 Å². The fraction of sp³-hybridized carbons (Fsp3) is 0.0833. The zero-order chi connectivity index (χ0) is 14.9. The van der Waals surface area contributed by atoms with E-state index in [0.29, 0.717) is 11.3 Å². The van der Waals surface area contributed by atoms with Crippen molar-refractivity contribution in [1.82, 2.24) is 9.97 Å². The van der Waals surface area contributed by atoms with Gasteiger partial charge in [-0.15, -0.1) is 0 Å². The van der Waals surface area contributed by atoms with Gasteiger partial charge in [0.25, 0.3) is 0 Å². The number of ether oxygens (including phenoxy) is 1. The van der Waals surface area contributed by atoms with Gasteiger partial charge in [0, 0.05) is 10.0 Å². The lowest BCUT2D eigenvalue weighted by Crippen LogP contribution is -2.05. The second-order valence-corrected chi connectivity index (χ2v) is 5.79. The number of benzene rings is 1. The van der Waals surface area contributed by atoms with E-state index in [0.717, 1.165) is 13.8 Å². The van der Waals surface area contributed by atoms with Gasteiger partial charge in [0.05, 0.1) is 16.4 Å². The molecule has 0 fully saturated rings. The fourth-order valence-corrected chi connectivity index (χ4v) is 2.87. The normalized spacial score (nSPS) is 10.1. The summed E-state index contributed by atoms with van der Waals surface area (Å²) < 4.78 is 6.84. The molecule has 0 amide bonds. The quantitative estimate of drug-likeness (QED) is 0.687. The first kappa shape index (κ1) is 14.8. The molecule has 0 atom stereocenters. The van der Waals surface area contributed by atoms with E-state index in [9.17, 15) is 5.26 Å². The standard InChI is InChI=1S/C12H9BrIN5O/c1-20-9-3-7(13)5(2-8(9)14)10-6(4-15)11(16)19-12(17)18-10/h2-3H,1H3,(H4,16,17,18,19). The molecule has 0 aliphatic rings. The number of rotatable bonds is 2. The summed E-state index contributed by atoms with van der Waals surface area (Å²) >= 11 is 5.57. The molecule has 1 aromatic carbocycles. The molecule has 8 heteroatoms. The van der Waals surface area contributed by atoms with E-state index in [1.54, 1.807) is 13.2 Å². The topological polar surface area (TPSA) is 111 Å². The Balaban J connectivity index is 2.75. The van der Waals surface area contributed by atoms with Crippen LogP contribution in [0.1, 0.15) is 5.56 Å². The third-order valence-electron chi connectivity index (χ3n) is 2.56. The van der Waals surface area contributed by atoms with E-state index in [4.69, 9.17) is 16.2 Å². The summed E-state index contributed by atoms with van der Waals surface area (Å²) in [5.74, 6) is 0.802. The monoisotopic (exact) mass is 445 g/mol. The van der Waals surface area contributed by atoms with E-state index in [1.807, 2.05) is 12.1 Å². The van der Waals surface area contributed by atoms with E-state index < -0.39 is 0 Å². The van der Waals surface area contributed by atoms with Crippen LogP contribution < -0.4 is 16.2 Å². The van der Waals surface area contributed by atoms with Crippen molar-refractivity contribution in [2.45, 2.75) is 0 Å². The van der Waals surface area contributed by atoms with Crippen LogP contribution in [0.3, 0.4) is 0 Å². The Morgan fingerprint density at radius 2 is 2.05 bits per heavy atom. The zero-order valence-corrected chi connectivity index (χ0v) is 14.1.